The average Bonchev–Trinajstić information content (AvgIpc) is 3.15. The Morgan fingerprint density at radius 3 is 1.48 bits per heavy atom. The number of aromatic nitrogens is 3. The highest BCUT2D eigenvalue weighted by Crippen LogP contribution is 2.31. The van der Waals surface area contributed by atoms with Crippen molar-refractivity contribution in [1.82, 2.24) is 15.0 Å². The predicted molar refractivity (Wildman–Crippen MR) is 119 cm³/mol. The zero-order valence-electron chi connectivity index (χ0n) is 15.5. The highest BCUT2D eigenvalue weighted by atomic mass is 14.7. The van der Waals surface area contributed by atoms with E-state index < -0.39 is 0 Å². The first-order valence-electron chi connectivity index (χ1n) is 9.29. The van der Waals surface area contributed by atoms with Crippen molar-refractivity contribution in [2.24, 2.45) is 9.98 Å². The summed E-state index contributed by atoms with van der Waals surface area (Å²) in [5.74, 6) is 0. The molecule has 29 heavy (non-hydrogen) atoms. The van der Waals surface area contributed by atoms with Gasteiger partial charge in [-0.3, -0.25) is 20.0 Å². The van der Waals surface area contributed by atoms with Gasteiger partial charge in [-0.1, -0.05) is 0 Å². The van der Waals surface area contributed by atoms with Gasteiger partial charge in [0, 0.05) is 59.0 Å². The predicted octanol–water partition coefficient (Wildman–Crippen LogP) is 5.61. The Bertz CT molecular complexity index is 1230. The second kappa shape index (κ2) is 7.48. The van der Waals surface area contributed by atoms with Crippen molar-refractivity contribution >= 4 is 45.6 Å². The van der Waals surface area contributed by atoms with Gasteiger partial charge in [-0.25, -0.2) is 0 Å². The molecular formula is C24H17N5. The van der Waals surface area contributed by atoms with Crippen molar-refractivity contribution in [2.75, 3.05) is 0 Å². The molecule has 0 saturated carbocycles. The van der Waals surface area contributed by atoms with Gasteiger partial charge in [-0.2, -0.15) is 0 Å². The Morgan fingerprint density at radius 1 is 0.586 bits per heavy atom. The van der Waals surface area contributed by atoms with Crippen molar-refractivity contribution in [2.45, 2.75) is 0 Å². The van der Waals surface area contributed by atoms with E-state index in [1.807, 2.05) is 48.8 Å². The van der Waals surface area contributed by atoms with E-state index in [-0.39, 0.29) is 0 Å². The van der Waals surface area contributed by atoms with Crippen LogP contribution < -0.4 is 0 Å². The van der Waals surface area contributed by atoms with Crippen molar-refractivity contribution in [3.63, 3.8) is 0 Å². The first-order valence-corrected chi connectivity index (χ1v) is 9.29. The molecule has 138 valence electrons. The Hall–Kier alpha value is -4.12. The molecule has 0 atom stereocenters. The minimum atomic E-state index is 0.904. The number of pyridine rings is 2. The fourth-order valence-electron chi connectivity index (χ4n) is 3.23. The van der Waals surface area contributed by atoms with Crippen LogP contribution in [0.25, 0.3) is 21.8 Å². The summed E-state index contributed by atoms with van der Waals surface area (Å²) in [6, 6.07) is 20.1. The molecule has 5 aromatic rings. The zero-order chi connectivity index (χ0) is 19.5. The lowest BCUT2D eigenvalue weighted by molar-refractivity contribution is 1.32. The van der Waals surface area contributed by atoms with Crippen molar-refractivity contribution in [3.05, 3.63) is 96.6 Å². The van der Waals surface area contributed by atoms with Crippen LogP contribution in [0.5, 0.6) is 0 Å². The highest BCUT2D eigenvalue weighted by Gasteiger charge is 2.06. The number of aliphatic imine (C=N–C) groups is 2. The molecule has 0 aliphatic rings. The molecule has 0 bridgehead atoms. The SMILES string of the molecule is C(=N/c1ccc2[nH]c3ccc(/N=C/c4ccncc4)cc3c2c1)/c1ccncc1. The van der Waals surface area contributed by atoms with Gasteiger partial charge in [-0.15, -0.1) is 0 Å². The van der Waals surface area contributed by atoms with Gasteiger partial charge >= 0.3 is 0 Å². The standard InChI is InChI=1S/C24H17N5/c1-3-23-21(13-19(1)27-15-17-5-9-25-10-6-17)22-14-20(2-4-24(22)29-23)28-16-18-7-11-26-12-8-18/h1-16,29H/b27-15-,28-16+. The van der Waals surface area contributed by atoms with Gasteiger partial charge in [0.1, 0.15) is 0 Å². The molecule has 0 radical (unpaired) electrons. The van der Waals surface area contributed by atoms with E-state index >= 15 is 0 Å². The maximum Gasteiger partial charge on any atom is 0.0637 e. The molecule has 0 spiro atoms. The molecule has 3 aromatic heterocycles. The third-order valence-corrected chi connectivity index (χ3v) is 4.70. The average molecular weight is 375 g/mol. The molecule has 0 unspecified atom stereocenters. The normalized spacial score (nSPS) is 11.9. The minimum absolute atomic E-state index is 0.904. The molecule has 5 rings (SSSR count). The van der Waals surface area contributed by atoms with Crippen LogP contribution in [0.4, 0.5) is 11.4 Å². The van der Waals surface area contributed by atoms with Crippen molar-refractivity contribution in [3.8, 4) is 0 Å². The second-order valence-electron chi connectivity index (χ2n) is 6.66. The maximum atomic E-state index is 4.61. The minimum Gasteiger partial charge on any atom is -0.355 e. The summed E-state index contributed by atoms with van der Waals surface area (Å²) in [6.07, 6.45) is 10.7. The van der Waals surface area contributed by atoms with Gasteiger partial charge in [0.05, 0.1) is 11.4 Å². The van der Waals surface area contributed by atoms with Gasteiger partial charge in [0.2, 0.25) is 0 Å². The lowest BCUT2D eigenvalue weighted by Gasteiger charge is -1.97. The quantitative estimate of drug-likeness (QED) is 0.415. The molecule has 3 heterocycles. The number of nitrogens with one attached hydrogen (secondary N) is 1. The number of rotatable bonds is 4. The number of H-pyrrole nitrogens is 1. The summed E-state index contributed by atoms with van der Waals surface area (Å²) < 4.78 is 0. The summed E-state index contributed by atoms with van der Waals surface area (Å²) >= 11 is 0. The van der Waals surface area contributed by atoms with Gasteiger partial charge in [0.15, 0.2) is 0 Å². The summed E-state index contributed by atoms with van der Waals surface area (Å²) in [7, 11) is 0. The number of hydrogen-bond acceptors (Lipinski definition) is 4. The van der Waals surface area contributed by atoms with E-state index in [0.29, 0.717) is 0 Å². The Balaban J connectivity index is 1.51. The molecule has 0 saturated heterocycles. The lowest BCUT2D eigenvalue weighted by atomic mass is 10.1. The van der Waals surface area contributed by atoms with E-state index in [1.54, 1.807) is 24.8 Å². The smallest absolute Gasteiger partial charge is 0.0637 e. The van der Waals surface area contributed by atoms with Crippen LogP contribution in [0.3, 0.4) is 0 Å². The molecule has 0 amide bonds. The van der Waals surface area contributed by atoms with Crippen LogP contribution >= 0.6 is 0 Å². The first-order chi connectivity index (χ1) is 14.3. The van der Waals surface area contributed by atoms with E-state index in [9.17, 15) is 0 Å². The number of nitrogens with zero attached hydrogens (tertiary/aromatic N) is 4. The summed E-state index contributed by atoms with van der Waals surface area (Å²) in [5.41, 5.74) is 6.01. The first kappa shape index (κ1) is 17.0. The summed E-state index contributed by atoms with van der Waals surface area (Å²) in [5, 5.41) is 2.26. The van der Waals surface area contributed by atoms with Crippen LogP contribution in [0.2, 0.25) is 0 Å². The van der Waals surface area contributed by atoms with Crippen molar-refractivity contribution < 1.29 is 0 Å². The van der Waals surface area contributed by atoms with E-state index in [4.69, 9.17) is 0 Å². The highest BCUT2D eigenvalue weighted by molar-refractivity contribution is 6.09. The van der Waals surface area contributed by atoms with Crippen LogP contribution in [-0.4, -0.2) is 27.4 Å². The number of aromatic amines is 1. The van der Waals surface area contributed by atoms with Gasteiger partial charge in [-0.05, 0) is 71.8 Å². The maximum absolute atomic E-state index is 4.61. The van der Waals surface area contributed by atoms with E-state index in [1.165, 1.54) is 0 Å². The third kappa shape index (κ3) is 3.66. The molecule has 1 N–H and O–H groups in total. The van der Waals surface area contributed by atoms with Crippen LogP contribution in [0.1, 0.15) is 11.1 Å². The number of benzene rings is 2. The summed E-state index contributed by atoms with van der Waals surface area (Å²) in [4.78, 5) is 20.7. The van der Waals surface area contributed by atoms with E-state index in [0.717, 1.165) is 44.3 Å². The molecule has 0 fully saturated rings. The number of hydrogen-bond donors (Lipinski definition) is 1. The van der Waals surface area contributed by atoms with Crippen molar-refractivity contribution in [1.29, 1.82) is 0 Å². The largest absolute Gasteiger partial charge is 0.355 e. The van der Waals surface area contributed by atoms with Crippen LogP contribution in [0, 0.1) is 0 Å². The second-order valence-corrected chi connectivity index (χ2v) is 6.66. The molecule has 2 aromatic carbocycles. The topological polar surface area (TPSA) is 66.3 Å². The molecular weight excluding hydrogens is 358 g/mol. The fraction of sp³-hybridized carbons (Fsp3) is 0. The molecule has 0 aliphatic heterocycles. The monoisotopic (exact) mass is 375 g/mol. The Labute approximate surface area is 167 Å². The summed E-state index contributed by atoms with van der Waals surface area (Å²) in [6.45, 7) is 0. The Kier molecular flexibility index (Phi) is 4.39. The van der Waals surface area contributed by atoms with Gasteiger partial charge < -0.3 is 4.98 Å². The molecule has 0 aliphatic carbocycles. The lowest BCUT2D eigenvalue weighted by Crippen LogP contribution is -1.80. The zero-order valence-corrected chi connectivity index (χ0v) is 15.5. The fourth-order valence-corrected chi connectivity index (χ4v) is 3.23. The number of fused-ring (bicyclic) bond motifs is 3. The molecule has 5 heteroatoms. The van der Waals surface area contributed by atoms with Gasteiger partial charge in [0.25, 0.3) is 0 Å². The van der Waals surface area contributed by atoms with E-state index in [2.05, 4.69) is 49.2 Å². The molecule has 5 nitrogen and oxygen atoms in total. The Morgan fingerprint density at radius 2 is 1.03 bits per heavy atom. The third-order valence-electron chi connectivity index (χ3n) is 4.70. The van der Waals surface area contributed by atoms with Crippen LogP contribution in [-0.2, 0) is 0 Å². The van der Waals surface area contributed by atoms with Crippen LogP contribution in [0.15, 0.2) is 95.4 Å².